The van der Waals surface area contributed by atoms with Gasteiger partial charge in [-0.25, -0.2) is 0 Å². The SMILES string of the molecule is CC1=C(C(C)C(=O)O)c2cc(C#N)ccc2C1. The van der Waals surface area contributed by atoms with Gasteiger partial charge in [0.25, 0.3) is 0 Å². The van der Waals surface area contributed by atoms with Crippen LogP contribution >= 0.6 is 0 Å². The zero-order chi connectivity index (χ0) is 12.6. The van der Waals surface area contributed by atoms with E-state index in [0.717, 1.165) is 28.7 Å². The molecular formula is C14H13NO2. The van der Waals surface area contributed by atoms with Crippen LogP contribution in [0, 0.1) is 17.2 Å². The number of allylic oxidation sites excluding steroid dienone is 1. The molecule has 1 aromatic rings. The van der Waals surface area contributed by atoms with E-state index in [2.05, 4.69) is 6.07 Å². The maximum absolute atomic E-state index is 11.1. The van der Waals surface area contributed by atoms with Crippen LogP contribution in [-0.4, -0.2) is 11.1 Å². The van der Waals surface area contributed by atoms with Crippen molar-refractivity contribution in [2.24, 2.45) is 5.92 Å². The molecule has 0 saturated carbocycles. The Morgan fingerprint density at radius 1 is 1.53 bits per heavy atom. The first-order valence-corrected chi connectivity index (χ1v) is 5.50. The van der Waals surface area contributed by atoms with Crippen molar-refractivity contribution in [2.75, 3.05) is 0 Å². The van der Waals surface area contributed by atoms with Crippen molar-refractivity contribution in [3.63, 3.8) is 0 Å². The smallest absolute Gasteiger partial charge is 0.310 e. The van der Waals surface area contributed by atoms with Gasteiger partial charge in [-0.2, -0.15) is 5.26 Å². The topological polar surface area (TPSA) is 61.1 Å². The molecule has 1 aliphatic carbocycles. The van der Waals surface area contributed by atoms with E-state index in [1.54, 1.807) is 19.1 Å². The fourth-order valence-corrected chi connectivity index (χ4v) is 2.39. The monoisotopic (exact) mass is 227 g/mol. The molecule has 17 heavy (non-hydrogen) atoms. The Labute approximate surface area is 100 Å². The number of fused-ring (bicyclic) bond motifs is 1. The number of carboxylic acids is 1. The van der Waals surface area contributed by atoms with Crippen LogP contribution in [0.4, 0.5) is 0 Å². The highest BCUT2D eigenvalue weighted by atomic mass is 16.4. The molecule has 1 N–H and O–H groups in total. The average molecular weight is 227 g/mol. The van der Waals surface area contributed by atoms with Gasteiger partial charge in [-0.15, -0.1) is 0 Å². The minimum Gasteiger partial charge on any atom is -0.481 e. The van der Waals surface area contributed by atoms with Crippen LogP contribution in [0.3, 0.4) is 0 Å². The van der Waals surface area contributed by atoms with E-state index in [4.69, 9.17) is 10.4 Å². The lowest BCUT2D eigenvalue weighted by Crippen LogP contribution is -2.11. The van der Waals surface area contributed by atoms with Crippen molar-refractivity contribution in [3.05, 3.63) is 40.5 Å². The number of benzene rings is 1. The molecular weight excluding hydrogens is 214 g/mol. The fourth-order valence-electron chi connectivity index (χ4n) is 2.39. The van der Waals surface area contributed by atoms with Crippen LogP contribution in [0.1, 0.15) is 30.5 Å². The largest absolute Gasteiger partial charge is 0.481 e. The van der Waals surface area contributed by atoms with Gasteiger partial charge in [0.05, 0.1) is 17.6 Å². The van der Waals surface area contributed by atoms with E-state index in [-0.39, 0.29) is 0 Å². The number of hydrogen-bond donors (Lipinski definition) is 1. The molecule has 0 aliphatic heterocycles. The summed E-state index contributed by atoms with van der Waals surface area (Å²) >= 11 is 0. The van der Waals surface area contributed by atoms with Crippen LogP contribution in [0.5, 0.6) is 0 Å². The highest BCUT2D eigenvalue weighted by molar-refractivity contribution is 5.91. The van der Waals surface area contributed by atoms with Crippen LogP contribution in [-0.2, 0) is 11.2 Å². The van der Waals surface area contributed by atoms with Gasteiger partial charge in [0.15, 0.2) is 0 Å². The molecule has 0 radical (unpaired) electrons. The van der Waals surface area contributed by atoms with Crippen molar-refractivity contribution >= 4 is 11.5 Å². The third-order valence-electron chi connectivity index (χ3n) is 3.25. The van der Waals surface area contributed by atoms with Crippen molar-refractivity contribution in [3.8, 4) is 6.07 Å². The minimum atomic E-state index is -0.824. The second-order valence-corrected chi connectivity index (χ2v) is 4.41. The summed E-state index contributed by atoms with van der Waals surface area (Å²) in [6, 6.07) is 7.58. The summed E-state index contributed by atoms with van der Waals surface area (Å²) in [5.41, 5.74) is 4.57. The van der Waals surface area contributed by atoms with Gasteiger partial charge >= 0.3 is 5.97 Å². The van der Waals surface area contributed by atoms with Gasteiger partial charge in [-0.3, -0.25) is 4.79 Å². The van der Waals surface area contributed by atoms with Gasteiger partial charge < -0.3 is 5.11 Å². The van der Waals surface area contributed by atoms with E-state index < -0.39 is 11.9 Å². The quantitative estimate of drug-likeness (QED) is 0.844. The molecule has 1 aliphatic rings. The number of carboxylic acid groups (broad SMARTS) is 1. The molecule has 2 rings (SSSR count). The first-order valence-electron chi connectivity index (χ1n) is 5.50. The Morgan fingerprint density at radius 3 is 2.82 bits per heavy atom. The van der Waals surface area contributed by atoms with Gasteiger partial charge in [0.1, 0.15) is 0 Å². The fraction of sp³-hybridized carbons (Fsp3) is 0.286. The van der Waals surface area contributed by atoms with Crippen molar-refractivity contribution in [1.82, 2.24) is 0 Å². The standard InChI is InChI=1S/C14H13NO2/c1-8-5-11-4-3-10(7-15)6-12(11)13(8)9(2)14(16)17/h3-4,6,9H,5H2,1-2H3,(H,16,17). The Morgan fingerprint density at radius 2 is 2.24 bits per heavy atom. The highest BCUT2D eigenvalue weighted by Gasteiger charge is 2.27. The number of carbonyl (C=O) groups is 1. The maximum atomic E-state index is 11.1. The predicted octanol–water partition coefficient (Wildman–Crippen LogP) is 2.61. The molecule has 0 bridgehead atoms. The summed E-state index contributed by atoms with van der Waals surface area (Å²) in [6.45, 7) is 3.65. The summed E-state index contributed by atoms with van der Waals surface area (Å²) in [6.07, 6.45) is 0.786. The predicted molar refractivity (Wildman–Crippen MR) is 64.3 cm³/mol. The molecule has 3 nitrogen and oxygen atoms in total. The van der Waals surface area contributed by atoms with E-state index in [1.807, 2.05) is 13.0 Å². The zero-order valence-electron chi connectivity index (χ0n) is 9.82. The Hall–Kier alpha value is -2.08. The van der Waals surface area contributed by atoms with Crippen molar-refractivity contribution < 1.29 is 9.90 Å². The molecule has 1 atom stereocenters. The minimum absolute atomic E-state index is 0.523. The molecule has 3 heteroatoms. The number of aliphatic carboxylic acids is 1. The molecule has 86 valence electrons. The van der Waals surface area contributed by atoms with Crippen LogP contribution in [0.15, 0.2) is 23.8 Å². The Bertz CT molecular complexity index is 564. The Kier molecular flexibility index (Phi) is 2.72. The average Bonchev–Trinajstić information content (AvgIpc) is 2.62. The lowest BCUT2D eigenvalue weighted by Gasteiger charge is -2.11. The van der Waals surface area contributed by atoms with E-state index >= 15 is 0 Å². The van der Waals surface area contributed by atoms with E-state index in [1.165, 1.54) is 0 Å². The lowest BCUT2D eigenvalue weighted by atomic mass is 9.93. The number of nitriles is 1. The van der Waals surface area contributed by atoms with Crippen LogP contribution in [0.25, 0.3) is 5.57 Å². The molecule has 1 unspecified atom stereocenters. The summed E-state index contributed by atoms with van der Waals surface area (Å²) in [5, 5.41) is 18.0. The second kappa shape index (κ2) is 4.06. The van der Waals surface area contributed by atoms with Crippen molar-refractivity contribution in [1.29, 1.82) is 5.26 Å². The van der Waals surface area contributed by atoms with Crippen molar-refractivity contribution in [2.45, 2.75) is 20.3 Å². The summed E-state index contributed by atoms with van der Waals surface area (Å²) in [5.74, 6) is -1.35. The van der Waals surface area contributed by atoms with E-state index in [9.17, 15) is 4.79 Å². The van der Waals surface area contributed by atoms with Gasteiger partial charge in [-0.1, -0.05) is 11.6 Å². The first-order chi connectivity index (χ1) is 8.04. The third kappa shape index (κ3) is 1.83. The van der Waals surface area contributed by atoms with Gasteiger partial charge in [0, 0.05) is 0 Å². The summed E-state index contributed by atoms with van der Waals surface area (Å²) in [4.78, 5) is 11.1. The van der Waals surface area contributed by atoms with Gasteiger partial charge in [0.2, 0.25) is 0 Å². The molecule has 0 spiro atoms. The number of nitrogens with zero attached hydrogens (tertiary/aromatic N) is 1. The number of rotatable bonds is 2. The third-order valence-corrected chi connectivity index (χ3v) is 3.25. The molecule has 1 aromatic carbocycles. The highest BCUT2D eigenvalue weighted by Crippen LogP contribution is 2.37. The van der Waals surface area contributed by atoms with Crippen LogP contribution in [0.2, 0.25) is 0 Å². The molecule has 0 heterocycles. The summed E-state index contributed by atoms with van der Waals surface area (Å²) in [7, 11) is 0. The van der Waals surface area contributed by atoms with E-state index in [0.29, 0.717) is 5.56 Å². The van der Waals surface area contributed by atoms with Gasteiger partial charge in [-0.05, 0) is 49.1 Å². The molecule has 0 aromatic heterocycles. The summed E-state index contributed by atoms with van der Waals surface area (Å²) < 4.78 is 0. The first kappa shape index (κ1) is 11.4. The zero-order valence-corrected chi connectivity index (χ0v) is 9.82. The molecule has 0 saturated heterocycles. The lowest BCUT2D eigenvalue weighted by molar-refractivity contribution is -0.139. The number of hydrogen-bond acceptors (Lipinski definition) is 2. The molecule has 0 amide bonds. The Balaban J connectivity index is 2.54. The van der Waals surface area contributed by atoms with Crippen LogP contribution < -0.4 is 0 Å². The second-order valence-electron chi connectivity index (χ2n) is 4.41. The maximum Gasteiger partial charge on any atom is 0.310 e. The molecule has 0 fully saturated rings. The normalized spacial score (nSPS) is 15.4.